The van der Waals surface area contributed by atoms with Crippen molar-refractivity contribution in [2.45, 2.75) is 44.4 Å². The van der Waals surface area contributed by atoms with Crippen molar-refractivity contribution in [3.05, 3.63) is 11.9 Å². The lowest BCUT2D eigenvalue weighted by Crippen LogP contribution is -2.46. The Hall–Kier alpha value is -0.740. The summed E-state index contributed by atoms with van der Waals surface area (Å²) in [4.78, 5) is 0. The van der Waals surface area contributed by atoms with E-state index in [1.807, 2.05) is 5.01 Å². The van der Waals surface area contributed by atoms with Crippen LogP contribution in [0.4, 0.5) is 0 Å². The highest BCUT2D eigenvalue weighted by Gasteiger charge is 2.27. The largest absolute Gasteiger partial charge is 0.384 e. The molecule has 2 aliphatic rings. The van der Waals surface area contributed by atoms with Crippen LogP contribution in [0, 0.1) is 0 Å². The van der Waals surface area contributed by atoms with Crippen molar-refractivity contribution >= 4 is 0 Å². The molecule has 0 aromatic rings. The first-order valence-electron chi connectivity index (χ1n) is 4.98. The minimum absolute atomic E-state index is 0.474. The van der Waals surface area contributed by atoms with Crippen molar-refractivity contribution in [3.63, 3.8) is 0 Å². The molecule has 4 heteroatoms. The zero-order valence-corrected chi connectivity index (χ0v) is 7.74. The van der Waals surface area contributed by atoms with Gasteiger partial charge < -0.3 is 10.8 Å². The van der Waals surface area contributed by atoms with E-state index >= 15 is 0 Å². The molecule has 1 fully saturated rings. The lowest BCUT2D eigenvalue weighted by molar-refractivity contribution is 0.0724. The van der Waals surface area contributed by atoms with Gasteiger partial charge in [-0.2, -0.15) is 0 Å². The average molecular weight is 183 g/mol. The summed E-state index contributed by atoms with van der Waals surface area (Å²) in [6.07, 6.45) is 7.27. The molecule has 1 atom stereocenters. The zero-order chi connectivity index (χ0) is 9.26. The van der Waals surface area contributed by atoms with Gasteiger partial charge in [-0.15, -0.1) is 0 Å². The number of hydrogen-bond donors (Lipinski definition) is 3. The van der Waals surface area contributed by atoms with E-state index in [-0.39, 0.29) is 0 Å². The van der Waals surface area contributed by atoms with E-state index < -0.39 is 6.23 Å². The second-order valence-electron chi connectivity index (χ2n) is 3.83. The van der Waals surface area contributed by atoms with Gasteiger partial charge in [0.25, 0.3) is 0 Å². The molecule has 1 aliphatic heterocycles. The van der Waals surface area contributed by atoms with Crippen LogP contribution in [0.1, 0.15) is 32.1 Å². The Morgan fingerprint density at radius 1 is 1.38 bits per heavy atom. The summed E-state index contributed by atoms with van der Waals surface area (Å²) in [5.74, 6) is 0.666. The van der Waals surface area contributed by atoms with Crippen LogP contribution in [-0.4, -0.2) is 22.4 Å². The van der Waals surface area contributed by atoms with Crippen molar-refractivity contribution in [3.8, 4) is 0 Å². The SMILES string of the molecule is NC1=CC(O)NN1C1CCCCC1. The third-order valence-electron chi connectivity index (χ3n) is 2.82. The number of aliphatic hydroxyl groups is 1. The molecule has 2 rings (SSSR count). The first-order valence-corrected chi connectivity index (χ1v) is 4.98. The number of hydrogen-bond acceptors (Lipinski definition) is 4. The van der Waals surface area contributed by atoms with Crippen LogP contribution in [0.2, 0.25) is 0 Å². The van der Waals surface area contributed by atoms with Gasteiger partial charge in [-0.25, -0.2) is 5.43 Å². The topological polar surface area (TPSA) is 61.5 Å². The Kier molecular flexibility index (Phi) is 2.42. The smallest absolute Gasteiger partial charge is 0.144 e. The summed E-state index contributed by atoms with van der Waals surface area (Å²) in [6.45, 7) is 0. The van der Waals surface area contributed by atoms with Crippen molar-refractivity contribution in [1.29, 1.82) is 0 Å². The van der Waals surface area contributed by atoms with Gasteiger partial charge in [0.1, 0.15) is 12.0 Å². The fraction of sp³-hybridized carbons (Fsp3) is 0.778. The predicted octanol–water partition coefficient (Wildman–Crippen LogP) is 0.258. The van der Waals surface area contributed by atoms with E-state index in [4.69, 9.17) is 5.73 Å². The van der Waals surface area contributed by atoms with Gasteiger partial charge in [-0.05, 0) is 12.8 Å². The molecule has 4 N–H and O–H groups in total. The van der Waals surface area contributed by atoms with E-state index in [0.29, 0.717) is 11.9 Å². The van der Waals surface area contributed by atoms with Gasteiger partial charge in [0.05, 0.1) is 0 Å². The lowest BCUT2D eigenvalue weighted by Gasteiger charge is -2.33. The van der Waals surface area contributed by atoms with Crippen LogP contribution >= 0.6 is 0 Å². The molecule has 4 nitrogen and oxygen atoms in total. The van der Waals surface area contributed by atoms with E-state index in [1.165, 1.54) is 32.1 Å². The number of nitrogens with zero attached hydrogens (tertiary/aromatic N) is 1. The van der Waals surface area contributed by atoms with Gasteiger partial charge in [0, 0.05) is 12.1 Å². The molecule has 74 valence electrons. The molecule has 0 spiro atoms. The Morgan fingerprint density at radius 3 is 2.62 bits per heavy atom. The Labute approximate surface area is 78.4 Å². The molecule has 1 unspecified atom stereocenters. The monoisotopic (exact) mass is 183 g/mol. The van der Waals surface area contributed by atoms with Crippen molar-refractivity contribution in [2.24, 2.45) is 5.73 Å². The Balaban J connectivity index is 1.97. The van der Waals surface area contributed by atoms with Crippen molar-refractivity contribution in [2.75, 3.05) is 0 Å². The minimum Gasteiger partial charge on any atom is -0.384 e. The fourth-order valence-corrected chi connectivity index (χ4v) is 2.15. The van der Waals surface area contributed by atoms with E-state index in [0.717, 1.165) is 0 Å². The lowest BCUT2D eigenvalue weighted by atomic mass is 9.95. The Morgan fingerprint density at radius 2 is 2.08 bits per heavy atom. The second kappa shape index (κ2) is 3.55. The summed E-state index contributed by atoms with van der Waals surface area (Å²) in [6, 6.07) is 0.474. The number of hydrazine groups is 1. The zero-order valence-electron chi connectivity index (χ0n) is 7.74. The molecule has 1 aliphatic carbocycles. The number of nitrogens with two attached hydrogens (primary N) is 1. The molecule has 1 saturated carbocycles. The summed E-state index contributed by atoms with van der Waals surface area (Å²) in [5, 5.41) is 11.2. The molecule has 1 heterocycles. The normalized spacial score (nSPS) is 30.7. The number of aliphatic hydroxyl groups excluding tert-OH is 1. The van der Waals surface area contributed by atoms with Crippen LogP contribution in [0.3, 0.4) is 0 Å². The van der Waals surface area contributed by atoms with Gasteiger partial charge in [0.2, 0.25) is 0 Å². The molecule has 0 aromatic carbocycles. The molecular formula is C9H17N3O. The molecule has 0 radical (unpaired) electrons. The molecule has 0 saturated heterocycles. The summed E-state index contributed by atoms with van der Waals surface area (Å²) in [7, 11) is 0. The first kappa shape index (κ1) is 8.84. The van der Waals surface area contributed by atoms with Crippen LogP contribution in [0.5, 0.6) is 0 Å². The van der Waals surface area contributed by atoms with E-state index in [2.05, 4.69) is 5.43 Å². The number of nitrogens with one attached hydrogen (secondary N) is 1. The van der Waals surface area contributed by atoms with Crippen LogP contribution in [0.25, 0.3) is 0 Å². The standard InChI is InChI=1S/C9H17N3O/c10-8-6-9(13)11-12(8)7-4-2-1-3-5-7/h6-7,9,11,13H,1-5,10H2. The summed E-state index contributed by atoms with van der Waals surface area (Å²) < 4.78 is 0. The van der Waals surface area contributed by atoms with E-state index in [9.17, 15) is 5.11 Å². The second-order valence-corrected chi connectivity index (χ2v) is 3.83. The Bertz CT molecular complexity index is 211. The van der Waals surface area contributed by atoms with Crippen molar-refractivity contribution < 1.29 is 5.11 Å². The average Bonchev–Trinajstić information content (AvgIpc) is 2.47. The van der Waals surface area contributed by atoms with Gasteiger partial charge >= 0.3 is 0 Å². The highest BCUT2D eigenvalue weighted by molar-refractivity contribution is 5.06. The highest BCUT2D eigenvalue weighted by Crippen LogP contribution is 2.24. The molecule has 13 heavy (non-hydrogen) atoms. The third-order valence-corrected chi connectivity index (χ3v) is 2.82. The fourth-order valence-electron chi connectivity index (χ4n) is 2.15. The van der Waals surface area contributed by atoms with Gasteiger partial charge in [0.15, 0.2) is 0 Å². The van der Waals surface area contributed by atoms with E-state index in [1.54, 1.807) is 6.08 Å². The molecule has 0 amide bonds. The van der Waals surface area contributed by atoms with Gasteiger partial charge in [-0.1, -0.05) is 19.3 Å². The maximum Gasteiger partial charge on any atom is 0.144 e. The van der Waals surface area contributed by atoms with Crippen molar-refractivity contribution in [1.82, 2.24) is 10.4 Å². The predicted molar refractivity (Wildman–Crippen MR) is 50.1 cm³/mol. The van der Waals surface area contributed by atoms with Crippen LogP contribution in [0.15, 0.2) is 11.9 Å². The number of rotatable bonds is 1. The molecular weight excluding hydrogens is 166 g/mol. The summed E-state index contributed by atoms with van der Waals surface area (Å²) in [5.41, 5.74) is 8.71. The minimum atomic E-state index is -0.595. The quantitative estimate of drug-likeness (QED) is 0.545. The first-order chi connectivity index (χ1) is 6.27. The summed E-state index contributed by atoms with van der Waals surface area (Å²) >= 11 is 0. The molecule has 0 bridgehead atoms. The van der Waals surface area contributed by atoms with Gasteiger partial charge in [-0.3, -0.25) is 5.01 Å². The van der Waals surface area contributed by atoms with Crippen LogP contribution < -0.4 is 11.2 Å². The third kappa shape index (κ3) is 1.78. The maximum absolute atomic E-state index is 9.29. The van der Waals surface area contributed by atoms with Crippen LogP contribution in [-0.2, 0) is 0 Å². The maximum atomic E-state index is 9.29. The molecule has 0 aromatic heterocycles. The highest BCUT2D eigenvalue weighted by atomic mass is 16.3.